The molecule has 0 radical (unpaired) electrons. The Morgan fingerprint density at radius 3 is 2.03 bits per heavy atom. The standard InChI is InChI=1S/C34H25Cl3N10O11S3/c1-16-13-20(38-31-28(35)30(36)40-34(37)41-31)7-10-23(16)43-42-19-5-3-18(4-6-19)32(48)39-21-8-11-24(27(14-21)61(56,57)58)44-45-29-17(2)46-47(33(29)49)25-15-22(59(50,51)52)9-12-26(25)60(53,54)55/h3-15,29H,1-2H3,(H,39,48)(H,38,40,41)(H,50,51,52)(H,53,54,55)(H,56,57,58). The van der Waals surface area contributed by atoms with Crippen LogP contribution in [0.4, 0.5) is 39.9 Å². The molecular weight excluding hydrogens is 927 g/mol. The molecule has 2 heterocycles. The Kier molecular flexibility index (Phi) is 12.7. The van der Waals surface area contributed by atoms with Gasteiger partial charge < -0.3 is 10.6 Å². The highest BCUT2D eigenvalue weighted by molar-refractivity contribution is 7.86. The first kappa shape index (κ1) is 44.7. The molecule has 0 bridgehead atoms. The third-order valence-corrected chi connectivity index (χ3v) is 11.8. The maximum atomic E-state index is 13.3. The molecule has 2 amide bonds. The van der Waals surface area contributed by atoms with Gasteiger partial charge in [0.25, 0.3) is 42.2 Å². The van der Waals surface area contributed by atoms with Gasteiger partial charge in [0.2, 0.25) is 5.28 Å². The Hall–Kier alpha value is -5.83. The third kappa shape index (κ3) is 10.4. The van der Waals surface area contributed by atoms with E-state index in [1.807, 2.05) is 0 Å². The van der Waals surface area contributed by atoms with Crippen molar-refractivity contribution in [1.29, 1.82) is 0 Å². The molecule has 5 aromatic rings. The van der Waals surface area contributed by atoms with Crippen LogP contribution >= 0.6 is 34.8 Å². The Morgan fingerprint density at radius 1 is 0.738 bits per heavy atom. The highest BCUT2D eigenvalue weighted by Gasteiger charge is 2.38. The van der Waals surface area contributed by atoms with E-state index in [1.165, 1.54) is 37.3 Å². The molecule has 0 saturated carbocycles. The summed E-state index contributed by atoms with van der Waals surface area (Å²) in [5.74, 6) is -1.60. The zero-order valence-electron chi connectivity index (χ0n) is 30.6. The predicted molar refractivity (Wildman–Crippen MR) is 221 cm³/mol. The Balaban J connectivity index is 1.14. The van der Waals surface area contributed by atoms with Crippen LogP contribution in [0.25, 0.3) is 0 Å². The minimum absolute atomic E-state index is 0.0165. The monoisotopic (exact) mass is 950 g/mol. The van der Waals surface area contributed by atoms with Crippen LogP contribution in [-0.4, -0.2) is 72.4 Å². The van der Waals surface area contributed by atoms with Gasteiger partial charge in [0, 0.05) is 16.9 Å². The van der Waals surface area contributed by atoms with E-state index in [2.05, 4.69) is 46.2 Å². The largest absolute Gasteiger partial charge is 0.339 e. The molecule has 0 fully saturated rings. The fourth-order valence-electron chi connectivity index (χ4n) is 5.36. The van der Waals surface area contributed by atoms with E-state index in [4.69, 9.17) is 34.8 Å². The highest BCUT2D eigenvalue weighted by atomic mass is 35.5. The van der Waals surface area contributed by atoms with Gasteiger partial charge in [-0.3, -0.25) is 23.2 Å². The molecule has 61 heavy (non-hydrogen) atoms. The number of rotatable bonds is 12. The number of nitrogens with one attached hydrogen (secondary N) is 2. The van der Waals surface area contributed by atoms with Crippen molar-refractivity contribution in [2.45, 2.75) is 34.6 Å². The quantitative estimate of drug-likeness (QED) is 0.0345. The molecule has 21 nitrogen and oxygen atoms in total. The molecule has 4 aromatic carbocycles. The summed E-state index contributed by atoms with van der Waals surface area (Å²) in [6, 6.07) is 14.4. The summed E-state index contributed by atoms with van der Waals surface area (Å²) in [4.78, 5) is 31.6. The topological polar surface area (TPSA) is 312 Å². The fraction of sp³-hybridized carbons (Fsp3) is 0.0882. The molecule has 27 heteroatoms. The van der Waals surface area contributed by atoms with Crippen molar-refractivity contribution in [2.24, 2.45) is 25.6 Å². The van der Waals surface area contributed by atoms with Gasteiger partial charge in [-0.2, -0.15) is 60.8 Å². The normalized spacial score (nSPS) is 14.8. The number of hydrogen-bond acceptors (Lipinski definition) is 16. The van der Waals surface area contributed by atoms with E-state index < -0.39 is 74.3 Å². The molecule has 0 aliphatic carbocycles. The maximum Gasteiger partial charge on any atom is 0.296 e. The first-order chi connectivity index (χ1) is 28.5. The summed E-state index contributed by atoms with van der Waals surface area (Å²) in [7, 11) is -15.0. The van der Waals surface area contributed by atoms with Gasteiger partial charge in [-0.1, -0.05) is 23.2 Å². The van der Waals surface area contributed by atoms with Crippen LogP contribution < -0.4 is 15.6 Å². The Morgan fingerprint density at radius 2 is 1.39 bits per heavy atom. The number of aryl methyl sites for hydroxylation is 1. The average Bonchev–Trinajstić information content (AvgIpc) is 3.46. The molecule has 6 rings (SSSR count). The van der Waals surface area contributed by atoms with Crippen molar-refractivity contribution < 1.29 is 48.5 Å². The van der Waals surface area contributed by atoms with Gasteiger partial charge in [0.15, 0.2) is 17.0 Å². The number of carbonyl (C=O) groups excluding carboxylic acids is 2. The summed E-state index contributed by atoms with van der Waals surface area (Å²) >= 11 is 18.0. The summed E-state index contributed by atoms with van der Waals surface area (Å²) in [5, 5.41) is 25.8. The van der Waals surface area contributed by atoms with Gasteiger partial charge in [0.05, 0.1) is 27.7 Å². The second kappa shape index (κ2) is 17.3. The summed E-state index contributed by atoms with van der Waals surface area (Å²) in [5.41, 5.74) is 0.877. The number of halogens is 3. The molecule has 5 N–H and O–H groups in total. The lowest BCUT2D eigenvalue weighted by atomic mass is 10.2. The fourth-order valence-corrected chi connectivity index (χ4v) is 7.67. The number of aromatic nitrogens is 2. The number of hydrogen-bond donors (Lipinski definition) is 5. The van der Waals surface area contributed by atoms with Gasteiger partial charge in [0.1, 0.15) is 20.5 Å². The zero-order chi connectivity index (χ0) is 44.6. The molecule has 1 atom stereocenters. The van der Waals surface area contributed by atoms with Crippen LogP contribution in [0, 0.1) is 6.92 Å². The maximum absolute atomic E-state index is 13.3. The minimum atomic E-state index is -5.06. The molecule has 1 aromatic heterocycles. The van der Waals surface area contributed by atoms with Crippen molar-refractivity contribution in [3.8, 4) is 0 Å². The van der Waals surface area contributed by atoms with E-state index in [9.17, 15) is 48.5 Å². The third-order valence-electron chi connectivity index (χ3n) is 8.25. The number of azo groups is 2. The summed E-state index contributed by atoms with van der Waals surface area (Å²) < 4.78 is 101. The molecule has 1 aliphatic heterocycles. The second-order valence-electron chi connectivity index (χ2n) is 12.5. The highest BCUT2D eigenvalue weighted by Crippen LogP contribution is 2.35. The van der Waals surface area contributed by atoms with Crippen LogP contribution in [0.3, 0.4) is 0 Å². The van der Waals surface area contributed by atoms with E-state index >= 15 is 0 Å². The average molecular weight is 952 g/mol. The SMILES string of the molecule is CC1=NN(c2cc(S(=O)(=O)O)ccc2S(=O)(=O)O)C(=O)C1N=Nc1ccc(NC(=O)c2ccc(N=Nc3ccc(Nc4nc(Cl)nc(Cl)c4Cl)cc3C)cc2)cc1S(=O)(=O)O. The Labute approximate surface area is 360 Å². The first-order valence-electron chi connectivity index (χ1n) is 16.6. The lowest BCUT2D eigenvalue weighted by molar-refractivity contribution is -0.117. The van der Waals surface area contributed by atoms with Crippen LogP contribution in [0.15, 0.2) is 119 Å². The first-order valence-corrected chi connectivity index (χ1v) is 22.0. The number of amides is 2. The van der Waals surface area contributed by atoms with E-state index in [0.717, 1.165) is 17.7 Å². The smallest absolute Gasteiger partial charge is 0.296 e. The van der Waals surface area contributed by atoms with Crippen LogP contribution in [-0.2, 0) is 35.1 Å². The number of carbonyl (C=O) groups is 2. The van der Waals surface area contributed by atoms with Crippen LogP contribution in [0.5, 0.6) is 0 Å². The van der Waals surface area contributed by atoms with Crippen LogP contribution in [0.1, 0.15) is 22.8 Å². The van der Waals surface area contributed by atoms with E-state index in [0.29, 0.717) is 40.3 Å². The van der Waals surface area contributed by atoms with Crippen LogP contribution in [0.2, 0.25) is 15.5 Å². The summed E-state index contributed by atoms with van der Waals surface area (Å²) in [6.07, 6.45) is 0. The number of nitrogens with zero attached hydrogens (tertiary/aromatic N) is 8. The number of hydrazone groups is 1. The molecule has 316 valence electrons. The lowest BCUT2D eigenvalue weighted by Gasteiger charge is -2.16. The van der Waals surface area contributed by atoms with Crippen molar-refractivity contribution in [1.82, 2.24) is 9.97 Å². The Bertz CT molecular complexity index is 3080. The van der Waals surface area contributed by atoms with Gasteiger partial charge in [-0.15, -0.1) is 0 Å². The van der Waals surface area contributed by atoms with Gasteiger partial charge in [-0.25, -0.2) is 4.98 Å². The van der Waals surface area contributed by atoms with Gasteiger partial charge in [-0.05, 0) is 110 Å². The van der Waals surface area contributed by atoms with E-state index in [1.54, 1.807) is 25.1 Å². The molecular formula is C34H25Cl3N10O11S3. The summed E-state index contributed by atoms with van der Waals surface area (Å²) in [6.45, 7) is 3.05. The van der Waals surface area contributed by atoms with Crippen molar-refractivity contribution in [3.05, 3.63) is 105 Å². The van der Waals surface area contributed by atoms with Crippen molar-refractivity contribution in [2.75, 3.05) is 15.6 Å². The predicted octanol–water partition coefficient (Wildman–Crippen LogP) is 7.77. The lowest BCUT2D eigenvalue weighted by Crippen LogP contribution is -2.30. The van der Waals surface area contributed by atoms with Crippen molar-refractivity contribution in [3.63, 3.8) is 0 Å². The molecule has 1 aliphatic rings. The van der Waals surface area contributed by atoms with E-state index in [-0.39, 0.29) is 38.2 Å². The van der Waals surface area contributed by atoms with Crippen molar-refractivity contribution >= 4 is 123 Å². The minimum Gasteiger partial charge on any atom is -0.339 e. The molecule has 0 saturated heterocycles. The van der Waals surface area contributed by atoms with Gasteiger partial charge >= 0.3 is 0 Å². The molecule has 0 spiro atoms. The number of benzene rings is 4. The zero-order valence-corrected chi connectivity index (χ0v) is 35.3. The second-order valence-corrected chi connectivity index (χ2v) is 17.8. The molecule has 1 unspecified atom stereocenters. The number of anilines is 4.